The zero-order valence-electron chi connectivity index (χ0n) is 24.8. The Hall–Kier alpha value is -1.03. The first kappa shape index (κ1) is 34.0. The zero-order chi connectivity index (χ0) is 26.8. The van der Waals surface area contributed by atoms with E-state index in [9.17, 15) is 0 Å². The summed E-state index contributed by atoms with van der Waals surface area (Å²) >= 11 is 4.71. The van der Waals surface area contributed by atoms with Gasteiger partial charge in [-0.2, -0.15) is 0 Å². The molecule has 1 aromatic rings. The van der Waals surface area contributed by atoms with Crippen molar-refractivity contribution in [2.24, 2.45) is 0 Å². The number of hydrogen-bond acceptors (Lipinski definition) is 4. The summed E-state index contributed by atoms with van der Waals surface area (Å²) in [7, 11) is 0. The average molecular weight is 537 g/mol. The third-order valence-corrected chi connectivity index (χ3v) is 7.40. The molecule has 4 heteroatoms. The first-order valence-electron chi connectivity index (χ1n) is 16.0. The van der Waals surface area contributed by atoms with Gasteiger partial charge in [-0.1, -0.05) is 136 Å². The van der Waals surface area contributed by atoms with Gasteiger partial charge in [-0.3, -0.25) is 0 Å². The molecular weight excluding hydrogens is 476 g/mol. The molecule has 0 unspecified atom stereocenters. The summed E-state index contributed by atoms with van der Waals surface area (Å²) in [5.41, 5.74) is 0. The standard InChI is InChI=1S/C33H60O3S/c1-4-7-10-13-16-19-22-27-34-30-25-26-31(37)33(36-29-24-21-18-15-12-9-6-3)32(30)35-28-23-20-17-14-11-8-5-2/h25-26,37H,4-24,27-29H2,1-3H3. The van der Waals surface area contributed by atoms with Crippen molar-refractivity contribution in [1.29, 1.82) is 0 Å². The second-order valence-electron chi connectivity index (χ2n) is 10.7. The molecule has 0 heterocycles. The molecule has 0 aromatic heterocycles. The van der Waals surface area contributed by atoms with E-state index in [1.165, 1.54) is 116 Å². The van der Waals surface area contributed by atoms with Crippen LogP contribution in [0.15, 0.2) is 17.0 Å². The van der Waals surface area contributed by atoms with Gasteiger partial charge in [0.2, 0.25) is 5.75 Å². The van der Waals surface area contributed by atoms with E-state index >= 15 is 0 Å². The van der Waals surface area contributed by atoms with E-state index in [1.807, 2.05) is 12.1 Å². The van der Waals surface area contributed by atoms with E-state index in [0.717, 1.165) is 48.0 Å². The van der Waals surface area contributed by atoms with E-state index in [1.54, 1.807) is 0 Å². The van der Waals surface area contributed by atoms with E-state index in [0.29, 0.717) is 13.2 Å². The molecule has 216 valence electrons. The van der Waals surface area contributed by atoms with Crippen LogP contribution >= 0.6 is 12.6 Å². The van der Waals surface area contributed by atoms with E-state index < -0.39 is 0 Å². The monoisotopic (exact) mass is 536 g/mol. The van der Waals surface area contributed by atoms with Crippen LogP contribution < -0.4 is 14.2 Å². The number of ether oxygens (including phenoxy) is 3. The predicted molar refractivity (Wildman–Crippen MR) is 164 cm³/mol. The summed E-state index contributed by atoms with van der Waals surface area (Å²) in [5.74, 6) is 2.32. The second kappa shape index (κ2) is 25.3. The van der Waals surface area contributed by atoms with Gasteiger partial charge in [-0.05, 0) is 31.4 Å². The van der Waals surface area contributed by atoms with Crippen molar-refractivity contribution < 1.29 is 14.2 Å². The maximum Gasteiger partial charge on any atom is 0.204 e. The van der Waals surface area contributed by atoms with Crippen molar-refractivity contribution in [3.63, 3.8) is 0 Å². The molecule has 37 heavy (non-hydrogen) atoms. The van der Waals surface area contributed by atoms with Crippen molar-refractivity contribution in [2.45, 2.75) is 161 Å². The third-order valence-electron chi connectivity index (χ3n) is 7.05. The van der Waals surface area contributed by atoms with Crippen LogP contribution in [-0.4, -0.2) is 19.8 Å². The lowest BCUT2D eigenvalue weighted by atomic mass is 10.1. The third kappa shape index (κ3) is 18.0. The Bertz CT molecular complexity index is 634. The van der Waals surface area contributed by atoms with Crippen LogP contribution in [0.25, 0.3) is 0 Å². The molecule has 0 atom stereocenters. The number of thiol groups is 1. The minimum Gasteiger partial charge on any atom is -0.490 e. The average Bonchev–Trinajstić information content (AvgIpc) is 2.90. The Balaban J connectivity index is 2.57. The topological polar surface area (TPSA) is 27.7 Å². The zero-order valence-corrected chi connectivity index (χ0v) is 25.7. The Kier molecular flexibility index (Phi) is 23.2. The Morgan fingerprint density at radius 1 is 0.432 bits per heavy atom. The first-order chi connectivity index (χ1) is 18.2. The normalized spacial score (nSPS) is 11.1. The smallest absolute Gasteiger partial charge is 0.204 e. The molecular formula is C33H60O3S. The lowest BCUT2D eigenvalue weighted by Crippen LogP contribution is -2.07. The maximum absolute atomic E-state index is 6.32. The van der Waals surface area contributed by atoms with E-state index in [2.05, 4.69) is 20.8 Å². The minimum absolute atomic E-state index is 0.701. The minimum atomic E-state index is 0.701. The lowest BCUT2D eigenvalue weighted by Gasteiger charge is -2.18. The van der Waals surface area contributed by atoms with Crippen molar-refractivity contribution in [1.82, 2.24) is 0 Å². The fourth-order valence-electron chi connectivity index (χ4n) is 4.63. The maximum atomic E-state index is 6.32. The number of rotatable bonds is 27. The van der Waals surface area contributed by atoms with Crippen LogP contribution in [-0.2, 0) is 0 Å². The van der Waals surface area contributed by atoms with Crippen molar-refractivity contribution in [2.75, 3.05) is 19.8 Å². The summed E-state index contributed by atoms with van der Waals surface area (Å²) in [6, 6.07) is 3.99. The van der Waals surface area contributed by atoms with Crippen LogP contribution in [0.1, 0.15) is 156 Å². The Labute approximate surface area is 236 Å². The Morgan fingerprint density at radius 2 is 0.784 bits per heavy atom. The molecule has 0 amide bonds. The molecule has 0 fully saturated rings. The van der Waals surface area contributed by atoms with Gasteiger partial charge in [0.25, 0.3) is 0 Å². The van der Waals surface area contributed by atoms with Crippen LogP contribution in [0.4, 0.5) is 0 Å². The Morgan fingerprint density at radius 3 is 1.22 bits per heavy atom. The van der Waals surface area contributed by atoms with Crippen LogP contribution in [0, 0.1) is 0 Å². The van der Waals surface area contributed by atoms with Gasteiger partial charge in [0.1, 0.15) is 0 Å². The highest BCUT2D eigenvalue weighted by Gasteiger charge is 2.17. The molecule has 0 radical (unpaired) electrons. The molecule has 0 aliphatic rings. The molecule has 0 aliphatic heterocycles. The number of benzene rings is 1. The summed E-state index contributed by atoms with van der Waals surface area (Å²) in [6.07, 6.45) is 26.8. The van der Waals surface area contributed by atoms with Crippen molar-refractivity contribution >= 4 is 12.6 Å². The van der Waals surface area contributed by atoms with Gasteiger partial charge >= 0.3 is 0 Å². The molecule has 0 saturated heterocycles. The van der Waals surface area contributed by atoms with E-state index in [-0.39, 0.29) is 0 Å². The summed E-state index contributed by atoms with van der Waals surface area (Å²) in [5, 5.41) is 0. The summed E-state index contributed by atoms with van der Waals surface area (Å²) < 4.78 is 18.8. The van der Waals surface area contributed by atoms with Gasteiger partial charge in [0, 0.05) is 0 Å². The highest BCUT2D eigenvalue weighted by molar-refractivity contribution is 7.80. The number of unbranched alkanes of at least 4 members (excludes halogenated alkanes) is 18. The quantitative estimate of drug-likeness (QED) is 0.0895. The molecule has 1 rings (SSSR count). The highest BCUT2D eigenvalue weighted by Crippen LogP contribution is 2.42. The largest absolute Gasteiger partial charge is 0.490 e. The molecule has 1 aromatic carbocycles. The van der Waals surface area contributed by atoms with Crippen LogP contribution in [0.5, 0.6) is 17.2 Å². The van der Waals surface area contributed by atoms with Crippen molar-refractivity contribution in [3.05, 3.63) is 12.1 Å². The van der Waals surface area contributed by atoms with Crippen LogP contribution in [0.2, 0.25) is 0 Å². The molecule has 0 saturated carbocycles. The lowest BCUT2D eigenvalue weighted by molar-refractivity contribution is 0.231. The fourth-order valence-corrected chi connectivity index (χ4v) is 4.87. The summed E-state index contributed by atoms with van der Waals surface area (Å²) in [4.78, 5) is 0.834. The van der Waals surface area contributed by atoms with Gasteiger partial charge in [-0.15, -0.1) is 12.6 Å². The fraction of sp³-hybridized carbons (Fsp3) is 0.818. The molecule has 0 N–H and O–H groups in total. The van der Waals surface area contributed by atoms with Gasteiger partial charge in [-0.25, -0.2) is 0 Å². The van der Waals surface area contributed by atoms with Crippen LogP contribution in [0.3, 0.4) is 0 Å². The highest BCUT2D eigenvalue weighted by atomic mass is 32.1. The van der Waals surface area contributed by atoms with Gasteiger partial charge in [0.05, 0.1) is 24.7 Å². The second-order valence-corrected chi connectivity index (χ2v) is 11.1. The van der Waals surface area contributed by atoms with E-state index in [4.69, 9.17) is 26.8 Å². The number of hydrogen-bond donors (Lipinski definition) is 1. The SMILES string of the molecule is CCCCCCCCCOc1ccc(S)c(OCCCCCCCCC)c1OCCCCCCCCC. The molecule has 3 nitrogen and oxygen atoms in total. The molecule has 0 spiro atoms. The first-order valence-corrected chi connectivity index (χ1v) is 16.4. The van der Waals surface area contributed by atoms with Gasteiger partial charge < -0.3 is 14.2 Å². The predicted octanol–water partition coefficient (Wildman–Crippen LogP) is 11.4. The molecule has 0 bridgehead atoms. The van der Waals surface area contributed by atoms with Gasteiger partial charge in [0.15, 0.2) is 11.5 Å². The summed E-state index contributed by atoms with van der Waals surface area (Å²) in [6.45, 7) is 8.93. The van der Waals surface area contributed by atoms with Crippen molar-refractivity contribution in [3.8, 4) is 17.2 Å². The molecule has 0 aliphatic carbocycles.